The van der Waals surface area contributed by atoms with Crippen molar-refractivity contribution in [1.29, 1.82) is 0 Å². The van der Waals surface area contributed by atoms with Crippen LogP contribution in [0.15, 0.2) is 0 Å². The predicted octanol–water partition coefficient (Wildman–Crippen LogP) is 0.901. The van der Waals surface area contributed by atoms with E-state index in [-0.39, 0.29) is 37.0 Å². The molecule has 2 aliphatic rings. The Hall–Kier alpha value is -2.32. The molecule has 158 valence electrons. The van der Waals surface area contributed by atoms with Crippen LogP contribution in [0.25, 0.3) is 0 Å². The van der Waals surface area contributed by atoms with Gasteiger partial charge in [0.15, 0.2) is 6.61 Å². The topological polar surface area (TPSA) is 119 Å². The van der Waals surface area contributed by atoms with Crippen molar-refractivity contribution in [3.05, 3.63) is 0 Å². The summed E-state index contributed by atoms with van der Waals surface area (Å²) in [5, 5.41) is 0. The number of ether oxygens (including phenoxy) is 2. The minimum absolute atomic E-state index is 0.278. The number of primary amides is 1. The van der Waals surface area contributed by atoms with E-state index in [9.17, 15) is 19.2 Å². The van der Waals surface area contributed by atoms with Gasteiger partial charge in [0.25, 0.3) is 5.91 Å². The molecule has 2 aliphatic heterocycles. The molecule has 2 saturated heterocycles. The van der Waals surface area contributed by atoms with Crippen molar-refractivity contribution in [1.82, 2.24) is 9.80 Å². The zero-order valence-corrected chi connectivity index (χ0v) is 16.9. The third kappa shape index (κ3) is 6.38. The quantitative estimate of drug-likeness (QED) is 0.704. The lowest BCUT2D eigenvalue weighted by Gasteiger charge is -2.33. The Kier molecular flexibility index (Phi) is 7.26. The minimum Gasteiger partial charge on any atom is -0.455 e. The van der Waals surface area contributed by atoms with Crippen LogP contribution in [0.2, 0.25) is 0 Å². The number of rotatable bonds is 4. The summed E-state index contributed by atoms with van der Waals surface area (Å²) in [6.45, 7) is 6.72. The third-order valence-corrected chi connectivity index (χ3v) is 4.99. The van der Waals surface area contributed by atoms with Crippen LogP contribution in [0.5, 0.6) is 0 Å². The van der Waals surface area contributed by atoms with Crippen molar-refractivity contribution < 1.29 is 28.7 Å². The lowest BCUT2D eigenvalue weighted by Crippen LogP contribution is -2.46. The van der Waals surface area contributed by atoms with Crippen LogP contribution in [-0.4, -0.2) is 72.1 Å². The summed E-state index contributed by atoms with van der Waals surface area (Å²) < 4.78 is 10.5. The monoisotopic (exact) mass is 397 g/mol. The highest BCUT2D eigenvalue weighted by Crippen LogP contribution is 2.21. The van der Waals surface area contributed by atoms with E-state index >= 15 is 0 Å². The number of amides is 3. The van der Waals surface area contributed by atoms with Gasteiger partial charge in [-0.05, 0) is 46.5 Å². The molecule has 28 heavy (non-hydrogen) atoms. The maximum atomic E-state index is 12.3. The largest absolute Gasteiger partial charge is 0.455 e. The molecule has 0 spiro atoms. The fraction of sp³-hybridized carbons (Fsp3) is 0.789. The van der Waals surface area contributed by atoms with Gasteiger partial charge in [-0.2, -0.15) is 0 Å². The molecule has 2 fully saturated rings. The summed E-state index contributed by atoms with van der Waals surface area (Å²) in [6, 6.07) is 0. The van der Waals surface area contributed by atoms with E-state index in [1.54, 1.807) is 25.7 Å². The van der Waals surface area contributed by atoms with E-state index in [4.69, 9.17) is 15.2 Å². The van der Waals surface area contributed by atoms with Crippen molar-refractivity contribution >= 4 is 23.9 Å². The lowest BCUT2D eigenvalue weighted by atomic mass is 9.97. The number of esters is 1. The Morgan fingerprint density at radius 2 is 1.61 bits per heavy atom. The molecule has 2 rings (SSSR count). The number of carbonyl (C=O) groups is 4. The Morgan fingerprint density at radius 1 is 0.964 bits per heavy atom. The third-order valence-electron chi connectivity index (χ3n) is 4.99. The molecule has 2 N–H and O–H groups in total. The molecule has 0 unspecified atom stereocenters. The molecule has 1 atom stereocenters. The number of carbonyl (C=O) groups excluding carboxylic acids is 4. The molecule has 0 saturated carbocycles. The van der Waals surface area contributed by atoms with Crippen molar-refractivity contribution in [2.24, 2.45) is 17.6 Å². The van der Waals surface area contributed by atoms with E-state index in [0.29, 0.717) is 45.3 Å². The summed E-state index contributed by atoms with van der Waals surface area (Å²) in [7, 11) is 0. The van der Waals surface area contributed by atoms with E-state index < -0.39 is 17.5 Å². The van der Waals surface area contributed by atoms with E-state index in [1.165, 1.54) is 4.90 Å². The summed E-state index contributed by atoms with van der Waals surface area (Å²) >= 11 is 0. The van der Waals surface area contributed by atoms with Crippen LogP contribution in [0.3, 0.4) is 0 Å². The van der Waals surface area contributed by atoms with Gasteiger partial charge in [-0.25, -0.2) is 4.79 Å². The number of nitrogens with two attached hydrogens (primary N) is 1. The predicted molar refractivity (Wildman–Crippen MR) is 100.0 cm³/mol. The number of nitrogens with zero attached hydrogens (tertiary/aromatic N) is 2. The van der Waals surface area contributed by atoms with Gasteiger partial charge >= 0.3 is 12.1 Å². The van der Waals surface area contributed by atoms with Crippen molar-refractivity contribution in [2.75, 3.05) is 32.8 Å². The van der Waals surface area contributed by atoms with Crippen molar-refractivity contribution in [2.45, 2.75) is 52.1 Å². The standard InChI is InChI=1S/C19H31N3O6/c1-19(2,3)28-18(26)21-9-6-13(7-10-21)17(25)27-12-15(23)22-8-4-5-14(11-22)16(20)24/h13-14H,4-12H2,1-3H3,(H2,20,24)/t14-/m0/s1. The maximum absolute atomic E-state index is 12.3. The van der Waals surface area contributed by atoms with Crippen molar-refractivity contribution in [3.8, 4) is 0 Å². The SMILES string of the molecule is CC(C)(C)OC(=O)N1CCC(C(=O)OCC(=O)N2CCC[C@H](C(N)=O)C2)CC1. The normalized spacial score (nSPS) is 21.2. The molecule has 0 aromatic heterocycles. The molecule has 3 amide bonds. The van der Waals surface area contributed by atoms with Crippen LogP contribution < -0.4 is 5.73 Å². The second-order valence-electron chi connectivity index (χ2n) is 8.43. The summed E-state index contributed by atoms with van der Waals surface area (Å²) in [5.41, 5.74) is 4.76. The first-order chi connectivity index (χ1) is 13.1. The molecule has 0 aromatic carbocycles. The second kappa shape index (κ2) is 9.25. The minimum atomic E-state index is -0.560. The Labute approximate surface area is 165 Å². The lowest BCUT2D eigenvalue weighted by molar-refractivity contribution is -0.157. The number of hydrogen-bond donors (Lipinski definition) is 1. The average Bonchev–Trinajstić information content (AvgIpc) is 2.64. The summed E-state index contributed by atoms with van der Waals surface area (Å²) in [5.74, 6) is -1.84. The van der Waals surface area contributed by atoms with Crippen LogP contribution in [0.4, 0.5) is 4.79 Å². The van der Waals surface area contributed by atoms with Crippen LogP contribution in [0, 0.1) is 11.8 Å². The number of likely N-dealkylation sites (tertiary alicyclic amines) is 2. The van der Waals surface area contributed by atoms with Gasteiger partial charge in [0.05, 0.1) is 11.8 Å². The van der Waals surface area contributed by atoms with Crippen LogP contribution in [-0.2, 0) is 23.9 Å². The first-order valence-corrected chi connectivity index (χ1v) is 9.78. The fourth-order valence-electron chi connectivity index (χ4n) is 3.40. The Morgan fingerprint density at radius 3 is 2.18 bits per heavy atom. The molecule has 2 heterocycles. The van der Waals surface area contributed by atoms with E-state index in [2.05, 4.69) is 0 Å². The molecule has 9 nitrogen and oxygen atoms in total. The summed E-state index contributed by atoms with van der Waals surface area (Å²) in [4.78, 5) is 51.0. The van der Waals surface area contributed by atoms with Gasteiger partial charge in [-0.15, -0.1) is 0 Å². The molecule has 0 bridgehead atoms. The van der Waals surface area contributed by atoms with E-state index in [1.807, 2.05) is 0 Å². The molecule has 0 radical (unpaired) electrons. The van der Waals surface area contributed by atoms with Gasteiger partial charge in [-0.1, -0.05) is 0 Å². The highest BCUT2D eigenvalue weighted by Gasteiger charge is 2.32. The smallest absolute Gasteiger partial charge is 0.410 e. The highest BCUT2D eigenvalue weighted by molar-refractivity contribution is 5.83. The van der Waals surface area contributed by atoms with Gasteiger partial charge in [0.1, 0.15) is 5.60 Å². The molecular weight excluding hydrogens is 366 g/mol. The van der Waals surface area contributed by atoms with Gasteiger partial charge in [0.2, 0.25) is 5.91 Å². The average molecular weight is 397 g/mol. The van der Waals surface area contributed by atoms with E-state index in [0.717, 1.165) is 0 Å². The zero-order chi connectivity index (χ0) is 20.9. The fourth-order valence-corrected chi connectivity index (χ4v) is 3.40. The molecule has 0 aromatic rings. The number of hydrogen-bond acceptors (Lipinski definition) is 6. The maximum Gasteiger partial charge on any atom is 0.410 e. The van der Waals surface area contributed by atoms with Gasteiger partial charge in [-0.3, -0.25) is 14.4 Å². The molecule has 0 aliphatic carbocycles. The first kappa shape index (κ1) is 22.0. The van der Waals surface area contributed by atoms with Crippen molar-refractivity contribution in [3.63, 3.8) is 0 Å². The Bertz CT molecular complexity index is 607. The first-order valence-electron chi connectivity index (χ1n) is 9.78. The van der Waals surface area contributed by atoms with Crippen LogP contribution in [0.1, 0.15) is 46.5 Å². The van der Waals surface area contributed by atoms with Gasteiger partial charge < -0.3 is 25.0 Å². The van der Waals surface area contributed by atoms with Crippen LogP contribution >= 0.6 is 0 Å². The van der Waals surface area contributed by atoms with Gasteiger partial charge in [0, 0.05) is 26.2 Å². The molecule has 9 heteroatoms. The highest BCUT2D eigenvalue weighted by atomic mass is 16.6. The number of piperidine rings is 2. The Balaban J connectivity index is 1.73. The zero-order valence-electron chi connectivity index (χ0n) is 16.9. The second-order valence-corrected chi connectivity index (χ2v) is 8.43. The summed E-state index contributed by atoms with van der Waals surface area (Å²) in [6.07, 6.45) is 1.94. The molecular formula is C19H31N3O6.